The molecule has 0 aliphatic carbocycles. The molecule has 6 N–H and O–H groups in total. The molecule has 1 amide bonds. The van der Waals surface area contributed by atoms with E-state index in [1.165, 1.54) is 0 Å². The molecule has 9 nitrogen and oxygen atoms in total. The van der Waals surface area contributed by atoms with Gasteiger partial charge in [-0.2, -0.15) is 15.4 Å². The van der Waals surface area contributed by atoms with E-state index in [1.54, 1.807) is 0 Å². The number of nitrogens with two attached hydrogens (primary N) is 1. The number of rotatable bonds is 3. The van der Waals surface area contributed by atoms with Crippen molar-refractivity contribution in [2.24, 2.45) is 5.73 Å². The SMILES string of the molecule is NC(=O)c1n[nH]nc1[C@@H]1O[C@H](CO)[C@@H](O)[C@H]1O. The zero-order chi connectivity index (χ0) is 12.6. The Labute approximate surface area is 95.2 Å². The van der Waals surface area contributed by atoms with Crippen molar-refractivity contribution < 1.29 is 24.9 Å². The Morgan fingerprint density at radius 3 is 2.65 bits per heavy atom. The molecule has 0 bridgehead atoms. The van der Waals surface area contributed by atoms with E-state index < -0.39 is 36.9 Å². The first-order valence-electron chi connectivity index (χ1n) is 4.89. The van der Waals surface area contributed by atoms with Crippen molar-refractivity contribution in [1.29, 1.82) is 0 Å². The van der Waals surface area contributed by atoms with Gasteiger partial charge in [-0.05, 0) is 0 Å². The van der Waals surface area contributed by atoms with Crippen LogP contribution < -0.4 is 5.73 Å². The second kappa shape index (κ2) is 4.37. The van der Waals surface area contributed by atoms with Gasteiger partial charge in [0.1, 0.15) is 30.1 Å². The quantitative estimate of drug-likeness (QED) is 0.381. The Kier molecular flexibility index (Phi) is 3.07. The number of amides is 1. The van der Waals surface area contributed by atoms with E-state index >= 15 is 0 Å². The van der Waals surface area contributed by atoms with Gasteiger partial charge in [-0.25, -0.2) is 0 Å². The Bertz CT molecular complexity index is 422. The Morgan fingerprint density at radius 1 is 1.41 bits per heavy atom. The number of carbonyl (C=O) groups excluding carboxylic acids is 1. The maximum Gasteiger partial charge on any atom is 0.271 e. The lowest BCUT2D eigenvalue weighted by molar-refractivity contribution is -0.0241. The number of nitrogens with zero attached hydrogens (tertiary/aromatic N) is 2. The highest BCUT2D eigenvalue weighted by atomic mass is 16.6. The van der Waals surface area contributed by atoms with Crippen molar-refractivity contribution >= 4 is 5.91 Å². The monoisotopic (exact) mass is 244 g/mol. The van der Waals surface area contributed by atoms with Gasteiger partial charge in [0.05, 0.1) is 6.61 Å². The normalized spacial score (nSPS) is 32.9. The zero-order valence-electron chi connectivity index (χ0n) is 8.65. The largest absolute Gasteiger partial charge is 0.394 e. The summed E-state index contributed by atoms with van der Waals surface area (Å²) < 4.78 is 5.19. The molecule has 94 valence electrons. The van der Waals surface area contributed by atoms with Gasteiger partial charge in [0.25, 0.3) is 5.91 Å². The second-order valence-corrected chi connectivity index (χ2v) is 3.68. The highest BCUT2D eigenvalue weighted by Crippen LogP contribution is 2.33. The lowest BCUT2D eigenvalue weighted by Crippen LogP contribution is -2.32. The molecule has 9 heteroatoms. The number of primary amides is 1. The molecule has 4 atom stereocenters. The highest BCUT2D eigenvalue weighted by molar-refractivity contribution is 5.91. The van der Waals surface area contributed by atoms with Crippen LogP contribution in [0.5, 0.6) is 0 Å². The lowest BCUT2D eigenvalue weighted by Gasteiger charge is -2.12. The fourth-order valence-electron chi connectivity index (χ4n) is 1.74. The van der Waals surface area contributed by atoms with Gasteiger partial charge in [0.2, 0.25) is 0 Å². The topological polar surface area (TPSA) is 155 Å². The minimum Gasteiger partial charge on any atom is -0.394 e. The highest BCUT2D eigenvalue weighted by Gasteiger charge is 2.45. The summed E-state index contributed by atoms with van der Waals surface area (Å²) in [6.07, 6.45) is -4.56. The molecule has 1 aromatic rings. The predicted octanol–water partition coefficient (Wildman–Crippen LogP) is -2.94. The van der Waals surface area contributed by atoms with E-state index in [0.717, 1.165) is 0 Å². The van der Waals surface area contributed by atoms with Gasteiger partial charge in [0, 0.05) is 0 Å². The first-order chi connectivity index (χ1) is 8.06. The van der Waals surface area contributed by atoms with Gasteiger partial charge in [-0.15, -0.1) is 0 Å². The fraction of sp³-hybridized carbons (Fsp3) is 0.625. The van der Waals surface area contributed by atoms with Crippen molar-refractivity contribution in [1.82, 2.24) is 15.4 Å². The molecule has 1 aromatic heterocycles. The van der Waals surface area contributed by atoms with Gasteiger partial charge in [-0.1, -0.05) is 0 Å². The Morgan fingerprint density at radius 2 is 2.12 bits per heavy atom. The molecule has 2 heterocycles. The summed E-state index contributed by atoms with van der Waals surface area (Å²) >= 11 is 0. The third kappa shape index (κ3) is 1.89. The molecule has 0 spiro atoms. The van der Waals surface area contributed by atoms with Crippen LogP contribution in [-0.4, -0.2) is 61.6 Å². The summed E-state index contributed by atoms with van der Waals surface area (Å²) in [6, 6.07) is 0. The number of aliphatic hydroxyl groups is 3. The summed E-state index contributed by atoms with van der Waals surface area (Å²) in [4.78, 5) is 11.0. The molecular weight excluding hydrogens is 232 g/mol. The molecule has 0 saturated carbocycles. The van der Waals surface area contributed by atoms with Crippen LogP contribution in [0.1, 0.15) is 22.3 Å². The minimum absolute atomic E-state index is 0.0139. The van der Waals surface area contributed by atoms with E-state index in [2.05, 4.69) is 15.4 Å². The minimum atomic E-state index is -1.31. The molecule has 0 unspecified atom stereocenters. The number of carbonyl (C=O) groups is 1. The molecule has 1 fully saturated rings. The maximum absolute atomic E-state index is 11.0. The molecule has 1 aliphatic heterocycles. The Balaban J connectivity index is 2.29. The number of nitrogens with one attached hydrogen (secondary N) is 1. The summed E-state index contributed by atoms with van der Waals surface area (Å²) in [5.41, 5.74) is 4.91. The van der Waals surface area contributed by atoms with Crippen molar-refractivity contribution in [3.8, 4) is 0 Å². The van der Waals surface area contributed by atoms with Crippen LogP contribution in [0.25, 0.3) is 0 Å². The maximum atomic E-state index is 11.0. The van der Waals surface area contributed by atoms with E-state index in [0.29, 0.717) is 0 Å². The van der Waals surface area contributed by atoms with Gasteiger partial charge >= 0.3 is 0 Å². The summed E-state index contributed by atoms with van der Waals surface area (Å²) in [6.45, 7) is -0.460. The van der Waals surface area contributed by atoms with Gasteiger partial charge in [0.15, 0.2) is 5.69 Å². The summed E-state index contributed by atoms with van der Waals surface area (Å²) in [5.74, 6) is -0.827. The van der Waals surface area contributed by atoms with Crippen molar-refractivity contribution in [3.63, 3.8) is 0 Å². The standard InChI is InChI=1S/C8H12N4O5/c9-8(16)4-3(10-12-11-4)7-6(15)5(14)2(1-13)17-7/h2,5-7,13-15H,1H2,(H2,9,16)(H,10,11,12)/t2-,5-,6-,7+/m1/s1. The number of hydrogen-bond donors (Lipinski definition) is 5. The van der Waals surface area contributed by atoms with Crippen molar-refractivity contribution in [2.45, 2.75) is 24.4 Å². The number of aromatic nitrogens is 3. The number of aromatic amines is 1. The van der Waals surface area contributed by atoms with E-state index in [-0.39, 0.29) is 11.4 Å². The van der Waals surface area contributed by atoms with Gasteiger partial charge in [-0.3, -0.25) is 4.79 Å². The van der Waals surface area contributed by atoms with E-state index in [1.807, 2.05) is 0 Å². The number of H-pyrrole nitrogens is 1. The van der Waals surface area contributed by atoms with Crippen LogP contribution in [-0.2, 0) is 4.74 Å². The number of aliphatic hydroxyl groups excluding tert-OH is 3. The molecular formula is C8H12N4O5. The molecule has 1 saturated heterocycles. The predicted molar refractivity (Wildman–Crippen MR) is 51.6 cm³/mol. The number of hydrogen-bond acceptors (Lipinski definition) is 7. The second-order valence-electron chi connectivity index (χ2n) is 3.68. The first kappa shape index (κ1) is 11.9. The van der Waals surface area contributed by atoms with Crippen LogP contribution in [0.3, 0.4) is 0 Å². The van der Waals surface area contributed by atoms with Crippen LogP contribution in [0, 0.1) is 0 Å². The third-order valence-electron chi connectivity index (χ3n) is 2.62. The average Bonchev–Trinajstić information content (AvgIpc) is 2.86. The third-order valence-corrected chi connectivity index (χ3v) is 2.62. The lowest BCUT2D eigenvalue weighted by atomic mass is 10.0. The molecule has 2 rings (SSSR count). The first-order valence-corrected chi connectivity index (χ1v) is 4.89. The molecule has 17 heavy (non-hydrogen) atoms. The summed E-state index contributed by atoms with van der Waals surface area (Å²) in [5, 5.41) is 37.6. The van der Waals surface area contributed by atoms with Crippen molar-refractivity contribution in [3.05, 3.63) is 11.4 Å². The van der Waals surface area contributed by atoms with E-state index in [9.17, 15) is 15.0 Å². The molecule has 0 radical (unpaired) electrons. The number of ether oxygens (including phenoxy) is 1. The van der Waals surface area contributed by atoms with Gasteiger partial charge < -0.3 is 25.8 Å². The smallest absolute Gasteiger partial charge is 0.271 e. The van der Waals surface area contributed by atoms with Crippen LogP contribution in [0.15, 0.2) is 0 Å². The molecule has 0 aromatic carbocycles. The summed E-state index contributed by atoms with van der Waals surface area (Å²) in [7, 11) is 0. The van der Waals surface area contributed by atoms with Crippen LogP contribution in [0.4, 0.5) is 0 Å². The average molecular weight is 244 g/mol. The van der Waals surface area contributed by atoms with Crippen LogP contribution >= 0.6 is 0 Å². The zero-order valence-corrected chi connectivity index (χ0v) is 8.65. The van der Waals surface area contributed by atoms with E-state index in [4.69, 9.17) is 15.6 Å². The molecule has 1 aliphatic rings. The Hall–Kier alpha value is -1.55. The fourth-order valence-corrected chi connectivity index (χ4v) is 1.74. The van der Waals surface area contributed by atoms with Crippen LogP contribution in [0.2, 0.25) is 0 Å². The van der Waals surface area contributed by atoms with Crippen molar-refractivity contribution in [2.75, 3.05) is 6.61 Å².